The van der Waals surface area contributed by atoms with Gasteiger partial charge >= 0.3 is 0 Å². The Morgan fingerprint density at radius 3 is 3.22 bits per heavy atom. The molecule has 0 aliphatic carbocycles. The Balaban J connectivity index is 1.47. The highest BCUT2D eigenvalue weighted by molar-refractivity contribution is 5.92. The Morgan fingerprint density at radius 1 is 1.39 bits per heavy atom. The molecule has 1 N–H and O–H groups in total. The molecule has 4 rings (SSSR count). The topological polar surface area (TPSA) is 81.9 Å². The van der Waals surface area contributed by atoms with Gasteiger partial charge in [-0.1, -0.05) is 0 Å². The Morgan fingerprint density at radius 2 is 2.30 bits per heavy atom. The van der Waals surface area contributed by atoms with Crippen LogP contribution in [0.1, 0.15) is 29.3 Å². The molecule has 2 aromatic heterocycles. The average molecular weight is 313 g/mol. The summed E-state index contributed by atoms with van der Waals surface area (Å²) in [5, 5.41) is 11.2. The number of nitrogens with one attached hydrogen (secondary N) is 1. The first-order chi connectivity index (χ1) is 11.2. The molecule has 2 aliphatic rings. The number of carbonyl (C=O) groups is 1. The Bertz CT molecular complexity index is 755. The summed E-state index contributed by atoms with van der Waals surface area (Å²) in [4.78, 5) is 17.0. The number of hydrogen-bond acceptors (Lipinski definition) is 5. The smallest absolute Gasteiger partial charge is 0.229 e. The van der Waals surface area contributed by atoms with E-state index >= 15 is 0 Å². The van der Waals surface area contributed by atoms with E-state index in [1.807, 2.05) is 17.6 Å². The molecule has 7 heteroatoms. The van der Waals surface area contributed by atoms with Gasteiger partial charge in [-0.25, -0.2) is 0 Å². The van der Waals surface area contributed by atoms with Crippen molar-refractivity contribution in [2.75, 3.05) is 11.9 Å². The molecule has 2 aromatic rings. The number of hydrogen-bond donors (Lipinski definition) is 1. The van der Waals surface area contributed by atoms with Crippen LogP contribution in [0, 0.1) is 12.8 Å². The standard InChI is InChI=1S/C16H19N5O2/c1-10-19-20-15-3-2-11(8-21(10)15)16(22)18-13-6-12-9-23-5-4-14(12)17-7-13/h6-7,11H,2-5,8-9H2,1H3,(H,18,22). The van der Waals surface area contributed by atoms with Gasteiger partial charge in [0.05, 0.1) is 31.0 Å². The van der Waals surface area contributed by atoms with Crippen LogP contribution in [-0.4, -0.2) is 32.3 Å². The third kappa shape index (κ3) is 2.72. The molecule has 7 nitrogen and oxygen atoms in total. The molecule has 120 valence electrons. The van der Waals surface area contributed by atoms with Gasteiger partial charge in [0.15, 0.2) is 0 Å². The van der Waals surface area contributed by atoms with Crippen LogP contribution in [0.25, 0.3) is 0 Å². The SMILES string of the molecule is Cc1nnc2n1CC(C(=O)Nc1cnc3c(c1)COCC3)CC2. The van der Waals surface area contributed by atoms with Crippen LogP contribution >= 0.6 is 0 Å². The number of pyridine rings is 1. The number of aryl methyl sites for hydroxylation is 2. The van der Waals surface area contributed by atoms with E-state index in [1.165, 1.54) is 0 Å². The summed E-state index contributed by atoms with van der Waals surface area (Å²) < 4.78 is 7.48. The first-order valence-corrected chi connectivity index (χ1v) is 7.96. The van der Waals surface area contributed by atoms with E-state index in [1.54, 1.807) is 6.20 Å². The highest BCUT2D eigenvalue weighted by Gasteiger charge is 2.27. The number of aromatic nitrogens is 4. The van der Waals surface area contributed by atoms with Crippen molar-refractivity contribution in [3.8, 4) is 0 Å². The van der Waals surface area contributed by atoms with Crippen molar-refractivity contribution in [1.29, 1.82) is 0 Å². The van der Waals surface area contributed by atoms with Crippen LogP contribution in [0.5, 0.6) is 0 Å². The molecule has 0 fully saturated rings. The molecule has 0 aromatic carbocycles. The van der Waals surface area contributed by atoms with Crippen LogP contribution in [0.15, 0.2) is 12.3 Å². The zero-order chi connectivity index (χ0) is 15.8. The van der Waals surface area contributed by atoms with Gasteiger partial charge in [0.1, 0.15) is 11.6 Å². The summed E-state index contributed by atoms with van der Waals surface area (Å²) in [5.74, 6) is 1.80. The molecule has 2 aliphatic heterocycles. The lowest BCUT2D eigenvalue weighted by Gasteiger charge is -2.23. The van der Waals surface area contributed by atoms with Gasteiger partial charge in [-0.15, -0.1) is 10.2 Å². The van der Waals surface area contributed by atoms with Crippen LogP contribution in [0.4, 0.5) is 5.69 Å². The average Bonchev–Trinajstić information content (AvgIpc) is 2.95. The fourth-order valence-corrected chi connectivity index (χ4v) is 3.23. The first-order valence-electron chi connectivity index (χ1n) is 7.96. The number of fused-ring (bicyclic) bond motifs is 2. The van der Waals surface area contributed by atoms with Crippen molar-refractivity contribution in [2.45, 2.75) is 39.3 Å². The lowest BCUT2D eigenvalue weighted by molar-refractivity contribution is -0.120. The van der Waals surface area contributed by atoms with Crippen LogP contribution in [0.2, 0.25) is 0 Å². The summed E-state index contributed by atoms with van der Waals surface area (Å²) in [5.41, 5.74) is 2.87. The van der Waals surface area contributed by atoms with Crippen molar-refractivity contribution < 1.29 is 9.53 Å². The molecular formula is C16H19N5O2. The lowest BCUT2D eigenvalue weighted by Crippen LogP contribution is -2.31. The summed E-state index contributed by atoms with van der Waals surface area (Å²) in [6.45, 7) is 3.85. The third-order valence-corrected chi connectivity index (χ3v) is 4.57. The maximum absolute atomic E-state index is 12.6. The van der Waals surface area contributed by atoms with Gasteiger partial charge in [0.25, 0.3) is 0 Å². The normalized spacial score (nSPS) is 19.8. The van der Waals surface area contributed by atoms with Crippen LogP contribution in [0.3, 0.4) is 0 Å². The number of ether oxygens (including phenoxy) is 1. The molecular weight excluding hydrogens is 294 g/mol. The van der Waals surface area contributed by atoms with Gasteiger partial charge in [0.2, 0.25) is 5.91 Å². The highest BCUT2D eigenvalue weighted by Crippen LogP contribution is 2.23. The van der Waals surface area contributed by atoms with Crippen molar-refractivity contribution in [2.24, 2.45) is 5.92 Å². The molecule has 0 radical (unpaired) electrons. The third-order valence-electron chi connectivity index (χ3n) is 4.57. The molecule has 23 heavy (non-hydrogen) atoms. The summed E-state index contributed by atoms with van der Waals surface area (Å²) >= 11 is 0. The minimum absolute atomic E-state index is 0.0298. The monoisotopic (exact) mass is 313 g/mol. The second kappa shape index (κ2) is 5.73. The Kier molecular flexibility index (Phi) is 3.57. The van der Waals surface area contributed by atoms with E-state index in [0.29, 0.717) is 19.8 Å². The second-order valence-corrected chi connectivity index (χ2v) is 6.13. The minimum atomic E-state index is -0.0653. The molecule has 1 atom stereocenters. The summed E-state index contributed by atoms with van der Waals surface area (Å²) in [6.07, 6.45) is 4.16. The minimum Gasteiger partial charge on any atom is -0.376 e. The van der Waals surface area contributed by atoms with Gasteiger partial charge in [-0.2, -0.15) is 0 Å². The largest absolute Gasteiger partial charge is 0.376 e. The molecule has 1 unspecified atom stereocenters. The zero-order valence-electron chi connectivity index (χ0n) is 13.1. The fourth-order valence-electron chi connectivity index (χ4n) is 3.23. The van der Waals surface area contributed by atoms with E-state index in [-0.39, 0.29) is 11.8 Å². The maximum atomic E-state index is 12.6. The molecule has 4 heterocycles. The molecule has 1 amide bonds. The number of nitrogens with zero attached hydrogens (tertiary/aromatic N) is 4. The predicted octanol–water partition coefficient (Wildman–Crippen LogP) is 1.26. The van der Waals surface area contributed by atoms with Crippen molar-refractivity contribution in [1.82, 2.24) is 19.7 Å². The Labute approximate surface area is 134 Å². The predicted molar refractivity (Wildman–Crippen MR) is 82.8 cm³/mol. The van der Waals surface area contributed by atoms with Crippen molar-refractivity contribution in [3.05, 3.63) is 35.2 Å². The van der Waals surface area contributed by atoms with E-state index in [2.05, 4.69) is 20.5 Å². The highest BCUT2D eigenvalue weighted by atomic mass is 16.5. The summed E-state index contributed by atoms with van der Waals surface area (Å²) in [7, 11) is 0. The number of anilines is 1. The number of carbonyl (C=O) groups excluding carboxylic acids is 1. The number of amides is 1. The number of rotatable bonds is 2. The lowest BCUT2D eigenvalue weighted by atomic mass is 9.98. The zero-order valence-corrected chi connectivity index (χ0v) is 13.1. The molecule has 0 bridgehead atoms. The van der Waals surface area contributed by atoms with Gasteiger partial charge in [0, 0.05) is 30.6 Å². The summed E-state index contributed by atoms with van der Waals surface area (Å²) in [6, 6.07) is 1.97. The Hall–Kier alpha value is -2.28. The van der Waals surface area contributed by atoms with Crippen molar-refractivity contribution >= 4 is 11.6 Å². The van der Waals surface area contributed by atoms with Gasteiger partial charge in [-0.05, 0) is 19.4 Å². The van der Waals surface area contributed by atoms with Crippen LogP contribution < -0.4 is 5.32 Å². The second-order valence-electron chi connectivity index (χ2n) is 6.13. The maximum Gasteiger partial charge on any atom is 0.229 e. The van der Waals surface area contributed by atoms with Crippen LogP contribution in [-0.2, 0) is 35.5 Å². The molecule has 0 saturated heterocycles. The van der Waals surface area contributed by atoms with E-state index < -0.39 is 0 Å². The van der Waals surface area contributed by atoms with E-state index in [0.717, 1.165) is 47.9 Å². The quantitative estimate of drug-likeness (QED) is 0.902. The fraction of sp³-hybridized carbons (Fsp3) is 0.500. The van der Waals surface area contributed by atoms with Crippen molar-refractivity contribution in [3.63, 3.8) is 0 Å². The molecule has 0 saturated carbocycles. The van der Waals surface area contributed by atoms with E-state index in [4.69, 9.17) is 4.74 Å². The van der Waals surface area contributed by atoms with Gasteiger partial charge < -0.3 is 14.6 Å². The first kappa shape index (κ1) is 14.3. The van der Waals surface area contributed by atoms with Gasteiger partial charge in [-0.3, -0.25) is 9.78 Å². The molecule has 0 spiro atoms. The van der Waals surface area contributed by atoms with E-state index in [9.17, 15) is 4.79 Å².